The van der Waals surface area contributed by atoms with Gasteiger partial charge in [-0.1, -0.05) is 0 Å². The van der Waals surface area contributed by atoms with Crippen molar-refractivity contribution in [3.05, 3.63) is 52.2 Å². The predicted molar refractivity (Wildman–Crippen MR) is 90.6 cm³/mol. The second-order valence-corrected chi connectivity index (χ2v) is 5.35. The number of fused-ring (bicyclic) bond motifs is 2. The first-order valence-corrected chi connectivity index (χ1v) is 7.52. The maximum atomic E-state index is 12.6. The smallest absolute Gasteiger partial charge is 0.302 e. The van der Waals surface area contributed by atoms with E-state index in [0.717, 1.165) is 0 Å². The number of nitrogens with two attached hydrogens (primary N) is 1. The van der Waals surface area contributed by atoms with Crippen LogP contribution >= 0.6 is 0 Å². The van der Waals surface area contributed by atoms with Crippen LogP contribution in [-0.2, 0) is 9.53 Å². The molecular weight excluding hydrogens is 326 g/mol. The number of rotatable bonds is 5. The number of benzene rings is 2. The first-order valence-electron chi connectivity index (χ1n) is 7.52. The largest absolute Gasteiger partial charge is 0.490 e. The Bertz CT molecular complexity index is 1040. The number of carbonyl (C=O) groups excluding carboxylic acids is 2. The quantitative estimate of drug-likeness (QED) is 0.432. The first-order chi connectivity index (χ1) is 12.0. The van der Waals surface area contributed by atoms with Gasteiger partial charge in [0.15, 0.2) is 0 Å². The molecule has 25 heavy (non-hydrogen) atoms. The van der Waals surface area contributed by atoms with E-state index in [1.807, 2.05) is 0 Å². The van der Waals surface area contributed by atoms with Crippen molar-refractivity contribution in [1.29, 1.82) is 0 Å². The molecule has 0 saturated carbocycles. The van der Waals surface area contributed by atoms with E-state index in [0.29, 0.717) is 22.1 Å². The molecule has 3 aromatic rings. The van der Waals surface area contributed by atoms with Crippen LogP contribution in [0.1, 0.15) is 17.3 Å². The highest BCUT2D eigenvalue weighted by atomic mass is 16.6. The van der Waals surface area contributed by atoms with E-state index in [4.69, 9.17) is 19.6 Å². The van der Waals surface area contributed by atoms with Gasteiger partial charge in [-0.2, -0.15) is 0 Å². The molecular formula is C18H15NO6. The van der Waals surface area contributed by atoms with Crippen molar-refractivity contribution < 1.29 is 23.5 Å². The summed E-state index contributed by atoms with van der Waals surface area (Å²) >= 11 is 0. The molecule has 2 N–H and O–H groups in total. The predicted octanol–water partition coefficient (Wildman–Crippen LogP) is 1.99. The second-order valence-electron chi connectivity index (χ2n) is 5.35. The topological polar surface area (TPSA) is 109 Å². The Labute approximate surface area is 141 Å². The molecule has 2 aromatic carbocycles. The van der Waals surface area contributed by atoms with Crippen molar-refractivity contribution in [3.8, 4) is 5.75 Å². The van der Waals surface area contributed by atoms with Crippen LogP contribution in [0.2, 0.25) is 0 Å². The molecule has 128 valence electrons. The highest BCUT2D eigenvalue weighted by Gasteiger charge is 2.11. The summed E-state index contributed by atoms with van der Waals surface area (Å²) in [6, 6.07) is 9.25. The Morgan fingerprint density at radius 2 is 1.84 bits per heavy atom. The Morgan fingerprint density at radius 3 is 2.56 bits per heavy atom. The lowest BCUT2D eigenvalue weighted by Gasteiger charge is -2.08. The summed E-state index contributed by atoms with van der Waals surface area (Å²) in [6.45, 7) is 1.61. The average Bonchev–Trinajstić information content (AvgIpc) is 2.58. The van der Waals surface area contributed by atoms with Gasteiger partial charge in [0.2, 0.25) is 11.3 Å². The molecule has 0 fully saturated rings. The minimum Gasteiger partial charge on any atom is -0.490 e. The highest BCUT2D eigenvalue weighted by Crippen LogP contribution is 2.23. The minimum absolute atomic E-state index is 0.121. The monoisotopic (exact) mass is 341 g/mol. The Hall–Kier alpha value is -3.35. The van der Waals surface area contributed by atoms with Crippen LogP contribution in [0.15, 0.2) is 45.6 Å². The molecule has 0 atom stereocenters. The Balaban J connectivity index is 1.96. The maximum absolute atomic E-state index is 12.6. The van der Waals surface area contributed by atoms with Crippen LogP contribution in [0.3, 0.4) is 0 Å². The van der Waals surface area contributed by atoms with Crippen LogP contribution < -0.4 is 15.9 Å². The van der Waals surface area contributed by atoms with E-state index in [-0.39, 0.29) is 35.8 Å². The fourth-order valence-corrected chi connectivity index (χ4v) is 2.42. The van der Waals surface area contributed by atoms with Crippen molar-refractivity contribution in [2.45, 2.75) is 6.92 Å². The van der Waals surface area contributed by atoms with Crippen LogP contribution in [-0.4, -0.2) is 25.1 Å². The molecule has 0 aliphatic rings. The lowest BCUT2D eigenvalue weighted by Crippen LogP contribution is -2.11. The summed E-state index contributed by atoms with van der Waals surface area (Å²) in [5, 5.41) is 0.693. The average molecular weight is 341 g/mol. The molecule has 7 nitrogen and oxygen atoms in total. The SMILES string of the molecule is CC(=O)OCCOc1ccc2oc3cc(C(N)=O)ccc3c(=O)c2c1. The van der Waals surface area contributed by atoms with Crippen LogP contribution in [0.4, 0.5) is 0 Å². The van der Waals surface area contributed by atoms with Gasteiger partial charge in [0, 0.05) is 12.5 Å². The van der Waals surface area contributed by atoms with Crippen LogP contribution in [0.25, 0.3) is 21.9 Å². The third-order valence-electron chi connectivity index (χ3n) is 3.58. The van der Waals surface area contributed by atoms with E-state index in [1.54, 1.807) is 18.2 Å². The third-order valence-corrected chi connectivity index (χ3v) is 3.58. The molecule has 0 spiro atoms. The van der Waals surface area contributed by atoms with Gasteiger partial charge in [-0.3, -0.25) is 14.4 Å². The minimum atomic E-state index is -0.596. The Morgan fingerprint density at radius 1 is 1.04 bits per heavy atom. The lowest BCUT2D eigenvalue weighted by molar-refractivity contribution is -0.141. The number of ether oxygens (including phenoxy) is 2. The third kappa shape index (κ3) is 3.45. The molecule has 3 rings (SSSR count). The van der Waals surface area contributed by atoms with E-state index >= 15 is 0 Å². The number of hydrogen-bond acceptors (Lipinski definition) is 6. The number of amides is 1. The van der Waals surface area contributed by atoms with Crippen molar-refractivity contribution in [3.63, 3.8) is 0 Å². The second kappa shape index (κ2) is 6.64. The highest BCUT2D eigenvalue weighted by molar-refractivity contribution is 5.98. The van der Waals surface area contributed by atoms with E-state index in [2.05, 4.69) is 0 Å². The maximum Gasteiger partial charge on any atom is 0.302 e. The normalized spacial score (nSPS) is 10.8. The number of esters is 1. The van der Waals surface area contributed by atoms with E-state index in [9.17, 15) is 14.4 Å². The van der Waals surface area contributed by atoms with Crippen LogP contribution in [0.5, 0.6) is 5.75 Å². The summed E-state index contributed by atoms with van der Waals surface area (Å²) in [4.78, 5) is 34.6. The molecule has 1 aromatic heterocycles. The molecule has 7 heteroatoms. The van der Waals surface area contributed by atoms with Gasteiger partial charge in [-0.05, 0) is 36.4 Å². The molecule has 0 bridgehead atoms. The van der Waals surface area contributed by atoms with E-state index in [1.165, 1.54) is 25.1 Å². The summed E-state index contributed by atoms with van der Waals surface area (Å²) in [5.41, 5.74) is 5.93. The Kier molecular flexibility index (Phi) is 4.38. The van der Waals surface area contributed by atoms with Gasteiger partial charge < -0.3 is 19.6 Å². The molecule has 0 unspecified atom stereocenters. The zero-order valence-electron chi connectivity index (χ0n) is 13.4. The molecule has 0 aliphatic heterocycles. The molecule has 0 aliphatic carbocycles. The van der Waals surface area contributed by atoms with Gasteiger partial charge in [0.25, 0.3) is 0 Å². The molecule has 0 radical (unpaired) electrons. The fourth-order valence-electron chi connectivity index (χ4n) is 2.42. The standard InChI is InChI=1S/C18H15NO6/c1-10(20)23-6-7-24-12-3-5-15-14(9-12)17(21)13-4-2-11(18(19)22)8-16(13)25-15/h2-5,8-9H,6-7H2,1H3,(H2,19,22). The number of carbonyl (C=O) groups is 2. The summed E-state index contributed by atoms with van der Waals surface area (Å²) in [6.07, 6.45) is 0. The van der Waals surface area contributed by atoms with Gasteiger partial charge in [0.1, 0.15) is 30.1 Å². The first kappa shape index (κ1) is 16.5. The summed E-state index contributed by atoms with van der Waals surface area (Å²) in [7, 11) is 0. The van der Waals surface area contributed by atoms with Gasteiger partial charge in [-0.25, -0.2) is 0 Å². The summed E-state index contributed by atoms with van der Waals surface area (Å²) < 4.78 is 15.9. The molecule has 0 saturated heterocycles. The summed E-state index contributed by atoms with van der Waals surface area (Å²) in [5.74, 6) is -0.522. The fraction of sp³-hybridized carbons (Fsp3) is 0.167. The number of primary amides is 1. The van der Waals surface area contributed by atoms with Crippen molar-refractivity contribution in [2.75, 3.05) is 13.2 Å². The lowest BCUT2D eigenvalue weighted by atomic mass is 10.1. The van der Waals surface area contributed by atoms with Crippen molar-refractivity contribution >= 4 is 33.8 Å². The van der Waals surface area contributed by atoms with Crippen molar-refractivity contribution in [1.82, 2.24) is 0 Å². The van der Waals surface area contributed by atoms with Gasteiger partial charge in [-0.15, -0.1) is 0 Å². The van der Waals surface area contributed by atoms with Gasteiger partial charge in [0.05, 0.1) is 10.8 Å². The van der Waals surface area contributed by atoms with Gasteiger partial charge >= 0.3 is 5.97 Å². The van der Waals surface area contributed by atoms with E-state index < -0.39 is 5.91 Å². The zero-order chi connectivity index (χ0) is 18.0. The number of hydrogen-bond donors (Lipinski definition) is 1. The zero-order valence-corrected chi connectivity index (χ0v) is 13.4. The van der Waals surface area contributed by atoms with Crippen LogP contribution in [0, 0.1) is 0 Å². The van der Waals surface area contributed by atoms with Crippen molar-refractivity contribution in [2.24, 2.45) is 5.73 Å². The molecule has 1 heterocycles. The molecule has 1 amide bonds.